The molecule has 2 aromatic rings. The normalized spacial score (nSPS) is 25.6. The van der Waals surface area contributed by atoms with Gasteiger partial charge >= 0.3 is 0 Å². The van der Waals surface area contributed by atoms with Crippen LogP contribution in [-0.4, -0.2) is 59.0 Å². The molecule has 0 unspecified atom stereocenters. The second kappa shape index (κ2) is 7.87. The standard InChI is InChI=1S/C22H41N5O3Si2/c1-20(2,3)31(7,8)22(28)11-16(27-14-26-17-18(23)24-13-25-19(17)27)30-15(22)12-29-32(9,10)21(4,5)6/h13-16,28H,11-12H2,1-10H3,(H2,23,24,25)/t15-,16-,22-/m1/s1. The van der Waals surface area contributed by atoms with Gasteiger partial charge in [0, 0.05) is 6.42 Å². The third-order valence-electron chi connectivity index (χ3n) is 8.40. The lowest BCUT2D eigenvalue weighted by Gasteiger charge is -2.49. The number of aliphatic hydroxyl groups is 1. The van der Waals surface area contributed by atoms with Gasteiger partial charge < -0.3 is 20.0 Å². The van der Waals surface area contributed by atoms with Crippen molar-refractivity contribution in [3.8, 4) is 0 Å². The fourth-order valence-electron chi connectivity index (χ4n) is 3.98. The maximum atomic E-state index is 12.3. The molecular formula is C22H41N5O3Si2. The van der Waals surface area contributed by atoms with Crippen LogP contribution in [0.3, 0.4) is 0 Å². The lowest BCUT2D eigenvalue weighted by atomic mass is 10.1. The lowest BCUT2D eigenvalue weighted by Crippen LogP contribution is -2.65. The number of hydrogen-bond donors (Lipinski definition) is 2. The van der Waals surface area contributed by atoms with Crippen LogP contribution in [0.15, 0.2) is 12.7 Å². The van der Waals surface area contributed by atoms with Crippen LogP contribution in [-0.2, 0) is 9.16 Å². The van der Waals surface area contributed by atoms with Gasteiger partial charge in [0.2, 0.25) is 0 Å². The van der Waals surface area contributed by atoms with Crippen molar-refractivity contribution in [2.75, 3.05) is 12.3 Å². The van der Waals surface area contributed by atoms with Crippen LogP contribution in [0.2, 0.25) is 36.3 Å². The summed E-state index contributed by atoms with van der Waals surface area (Å²) in [5, 5.41) is 11.4. The van der Waals surface area contributed by atoms with Crippen LogP contribution in [0.4, 0.5) is 5.82 Å². The van der Waals surface area contributed by atoms with E-state index in [1.54, 1.807) is 6.33 Å². The van der Waals surface area contributed by atoms with E-state index in [0.29, 0.717) is 30.0 Å². The molecule has 1 aliphatic rings. The second-order valence-electron chi connectivity index (χ2n) is 12.2. The Morgan fingerprint density at radius 1 is 1.12 bits per heavy atom. The number of ether oxygens (including phenoxy) is 1. The van der Waals surface area contributed by atoms with Crippen molar-refractivity contribution < 1.29 is 14.3 Å². The molecule has 0 radical (unpaired) electrons. The van der Waals surface area contributed by atoms with Crippen LogP contribution < -0.4 is 5.73 Å². The topological polar surface area (TPSA) is 108 Å². The predicted molar refractivity (Wildman–Crippen MR) is 134 cm³/mol. The third kappa shape index (κ3) is 4.04. The highest BCUT2D eigenvalue weighted by atomic mass is 28.4. The fourth-order valence-corrected chi connectivity index (χ4v) is 7.92. The van der Waals surface area contributed by atoms with Gasteiger partial charge in [-0.2, -0.15) is 0 Å². The molecule has 0 saturated carbocycles. The van der Waals surface area contributed by atoms with E-state index in [9.17, 15) is 5.11 Å². The molecule has 1 fully saturated rings. The number of hydrogen-bond acceptors (Lipinski definition) is 7. The average Bonchev–Trinajstić information content (AvgIpc) is 3.21. The molecule has 2 aromatic heterocycles. The first-order valence-corrected chi connectivity index (χ1v) is 17.3. The van der Waals surface area contributed by atoms with Gasteiger partial charge in [-0.05, 0) is 23.2 Å². The van der Waals surface area contributed by atoms with E-state index >= 15 is 0 Å². The van der Waals surface area contributed by atoms with E-state index in [-0.39, 0.29) is 10.1 Å². The largest absolute Gasteiger partial charge is 0.414 e. The van der Waals surface area contributed by atoms with E-state index < -0.39 is 33.9 Å². The molecule has 3 atom stereocenters. The third-order valence-corrected chi connectivity index (χ3v) is 19.3. The van der Waals surface area contributed by atoms with Gasteiger partial charge in [0.1, 0.15) is 24.2 Å². The summed E-state index contributed by atoms with van der Waals surface area (Å²) in [5.74, 6) is 0.337. The zero-order valence-electron chi connectivity index (χ0n) is 21.4. The molecule has 3 N–H and O–H groups in total. The van der Waals surface area contributed by atoms with Crippen molar-refractivity contribution in [2.24, 2.45) is 0 Å². The number of rotatable bonds is 5. The first-order valence-electron chi connectivity index (χ1n) is 11.4. The number of aromatic nitrogens is 4. The number of nitrogens with zero attached hydrogens (tertiary/aromatic N) is 4. The van der Waals surface area contributed by atoms with Crippen molar-refractivity contribution >= 4 is 33.4 Å². The Labute approximate surface area is 194 Å². The van der Waals surface area contributed by atoms with Crippen molar-refractivity contribution in [2.45, 2.75) is 102 Å². The van der Waals surface area contributed by atoms with Gasteiger partial charge in [-0.1, -0.05) is 54.6 Å². The van der Waals surface area contributed by atoms with Crippen molar-refractivity contribution in [1.82, 2.24) is 19.5 Å². The maximum Gasteiger partial charge on any atom is 0.192 e. The molecule has 1 saturated heterocycles. The summed E-state index contributed by atoms with van der Waals surface area (Å²) in [5.41, 5.74) is 7.15. The van der Waals surface area contributed by atoms with E-state index in [1.165, 1.54) is 6.33 Å². The molecule has 0 aromatic carbocycles. The minimum absolute atomic E-state index is 0.0289. The smallest absolute Gasteiger partial charge is 0.192 e. The van der Waals surface area contributed by atoms with Gasteiger partial charge in [-0.3, -0.25) is 4.57 Å². The zero-order valence-corrected chi connectivity index (χ0v) is 23.4. The summed E-state index contributed by atoms with van der Waals surface area (Å²) in [4.78, 5) is 12.8. The van der Waals surface area contributed by atoms with E-state index in [2.05, 4.69) is 82.7 Å². The minimum atomic E-state index is -2.26. The van der Waals surface area contributed by atoms with Gasteiger partial charge in [-0.25, -0.2) is 15.0 Å². The highest BCUT2D eigenvalue weighted by molar-refractivity contribution is 6.83. The Kier molecular flexibility index (Phi) is 6.22. The maximum absolute atomic E-state index is 12.3. The Morgan fingerprint density at radius 3 is 2.31 bits per heavy atom. The molecule has 32 heavy (non-hydrogen) atoms. The number of imidazole rings is 1. The van der Waals surface area contributed by atoms with Gasteiger partial charge in [-0.15, -0.1) is 0 Å². The highest BCUT2D eigenvalue weighted by Crippen LogP contribution is 2.52. The summed E-state index contributed by atoms with van der Waals surface area (Å²) < 4.78 is 15.0. The molecule has 0 bridgehead atoms. The minimum Gasteiger partial charge on any atom is -0.414 e. The fraction of sp³-hybridized carbons (Fsp3) is 0.773. The molecule has 180 valence electrons. The first kappa shape index (κ1) is 25.3. The van der Waals surface area contributed by atoms with Crippen molar-refractivity contribution in [1.29, 1.82) is 0 Å². The number of anilines is 1. The summed E-state index contributed by atoms with van der Waals surface area (Å²) >= 11 is 0. The summed E-state index contributed by atoms with van der Waals surface area (Å²) in [6, 6.07) is 0. The van der Waals surface area contributed by atoms with Crippen LogP contribution in [0.25, 0.3) is 11.2 Å². The monoisotopic (exact) mass is 479 g/mol. The van der Waals surface area contributed by atoms with E-state index in [4.69, 9.17) is 14.9 Å². The van der Waals surface area contributed by atoms with Crippen molar-refractivity contribution in [3.63, 3.8) is 0 Å². The molecule has 0 spiro atoms. The molecule has 8 nitrogen and oxygen atoms in total. The molecule has 0 amide bonds. The number of nitrogens with two attached hydrogens (primary N) is 1. The van der Waals surface area contributed by atoms with Crippen LogP contribution in [0.5, 0.6) is 0 Å². The molecular weight excluding hydrogens is 438 g/mol. The molecule has 1 aliphatic heterocycles. The summed E-state index contributed by atoms with van der Waals surface area (Å²) in [7, 11) is -4.27. The molecule has 0 aliphatic carbocycles. The summed E-state index contributed by atoms with van der Waals surface area (Å²) in [6.45, 7) is 22.7. The number of nitrogen functional groups attached to an aromatic ring is 1. The number of fused-ring (bicyclic) bond motifs is 1. The SMILES string of the molecule is CC(C)(C)[Si](C)(C)OC[C@H]1O[C@@H](n2cnc3c(N)ncnc32)C[C@@]1(O)[Si](C)(C)C(C)(C)C. The van der Waals surface area contributed by atoms with Gasteiger partial charge in [0.15, 0.2) is 19.8 Å². The van der Waals surface area contributed by atoms with Crippen molar-refractivity contribution in [3.05, 3.63) is 12.7 Å². The average molecular weight is 480 g/mol. The Hall–Kier alpha value is -1.34. The van der Waals surface area contributed by atoms with Gasteiger partial charge in [0.05, 0.1) is 26.2 Å². The summed E-state index contributed by atoms with van der Waals surface area (Å²) in [6.07, 6.45) is 2.75. The quantitative estimate of drug-likeness (QED) is 0.608. The van der Waals surface area contributed by atoms with Crippen LogP contribution >= 0.6 is 0 Å². The predicted octanol–water partition coefficient (Wildman–Crippen LogP) is 4.50. The Balaban J connectivity index is 2.00. The second-order valence-corrected chi connectivity index (χ2v) is 22.7. The van der Waals surface area contributed by atoms with Crippen LogP contribution in [0.1, 0.15) is 54.2 Å². The highest BCUT2D eigenvalue weighted by Gasteiger charge is 2.62. The first-order chi connectivity index (χ1) is 14.4. The molecule has 3 rings (SSSR count). The zero-order chi connectivity index (χ0) is 24.3. The Morgan fingerprint density at radius 2 is 1.75 bits per heavy atom. The Bertz CT molecular complexity index is 980. The lowest BCUT2D eigenvalue weighted by molar-refractivity contribution is -0.0549. The molecule has 3 heterocycles. The molecule has 10 heteroatoms. The van der Waals surface area contributed by atoms with Gasteiger partial charge in [0.25, 0.3) is 0 Å². The van der Waals surface area contributed by atoms with Crippen LogP contribution in [0, 0.1) is 0 Å². The van der Waals surface area contributed by atoms with E-state index in [0.717, 1.165) is 0 Å². The van der Waals surface area contributed by atoms with E-state index in [1.807, 2.05) is 4.57 Å².